The maximum absolute atomic E-state index is 12.2. The summed E-state index contributed by atoms with van der Waals surface area (Å²) in [7, 11) is 1.84. The molecule has 1 rings (SSSR count). The van der Waals surface area contributed by atoms with Crippen molar-refractivity contribution in [3.63, 3.8) is 0 Å². The minimum absolute atomic E-state index is 0.158. The van der Waals surface area contributed by atoms with Gasteiger partial charge in [0.05, 0.1) is 6.54 Å². The number of carbonyl (C=O) groups excluding carboxylic acids is 1. The van der Waals surface area contributed by atoms with Crippen LogP contribution in [0, 0.1) is 0 Å². The highest BCUT2D eigenvalue weighted by atomic mass is 16.2. The Kier molecular flexibility index (Phi) is 6.44. The van der Waals surface area contributed by atoms with Gasteiger partial charge in [0.2, 0.25) is 5.91 Å². The number of allylic oxidation sites excluding steroid dienone is 5. The topological polar surface area (TPSA) is 23.6 Å². The third-order valence-electron chi connectivity index (χ3n) is 3.12. The van der Waals surface area contributed by atoms with Crippen molar-refractivity contribution < 1.29 is 4.79 Å². The summed E-state index contributed by atoms with van der Waals surface area (Å²) in [6.45, 7) is 6.56. The van der Waals surface area contributed by atoms with Gasteiger partial charge in [-0.25, -0.2) is 0 Å². The van der Waals surface area contributed by atoms with Gasteiger partial charge >= 0.3 is 0 Å². The van der Waals surface area contributed by atoms with E-state index in [4.69, 9.17) is 0 Å². The van der Waals surface area contributed by atoms with E-state index in [0.29, 0.717) is 6.54 Å². The Bertz CT molecular complexity index is 350. The second-order valence-electron chi connectivity index (χ2n) is 4.55. The van der Waals surface area contributed by atoms with Crippen molar-refractivity contribution in [1.82, 2.24) is 9.80 Å². The molecule has 0 spiro atoms. The van der Waals surface area contributed by atoms with Crippen molar-refractivity contribution in [2.24, 2.45) is 0 Å². The zero-order valence-corrected chi connectivity index (χ0v) is 11.7. The largest absolute Gasteiger partial charge is 0.314 e. The molecule has 0 atom stereocenters. The molecule has 100 valence electrons. The minimum atomic E-state index is 0.158. The molecule has 0 aromatic carbocycles. The van der Waals surface area contributed by atoms with Gasteiger partial charge in [-0.1, -0.05) is 18.2 Å². The molecule has 0 radical (unpaired) electrons. The highest BCUT2D eigenvalue weighted by Crippen LogP contribution is 2.10. The fraction of sp³-hybridized carbons (Fsp3) is 0.533. The van der Waals surface area contributed by atoms with Gasteiger partial charge in [0.1, 0.15) is 0 Å². The van der Waals surface area contributed by atoms with Gasteiger partial charge in [0.15, 0.2) is 0 Å². The molecule has 1 saturated heterocycles. The molecular formula is C15H24N2O. The quantitative estimate of drug-likeness (QED) is 0.698. The van der Waals surface area contributed by atoms with Crippen LogP contribution in [0.4, 0.5) is 0 Å². The van der Waals surface area contributed by atoms with E-state index in [9.17, 15) is 4.79 Å². The Morgan fingerprint density at radius 3 is 2.44 bits per heavy atom. The van der Waals surface area contributed by atoms with E-state index in [1.54, 1.807) is 4.90 Å². The van der Waals surface area contributed by atoms with E-state index in [0.717, 1.165) is 18.8 Å². The highest BCUT2D eigenvalue weighted by molar-refractivity contribution is 5.80. The van der Waals surface area contributed by atoms with Crippen LogP contribution in [0.2, 0.25) is 0 Å². The molecule has 0 aromatic heterocycles. The molecular weight excluding hydrogens is 224 g/mol. The van der Waals surface area contributed by atoms with Crippen LogP contribution < -0.4 is 0 Å². The molecule has 0 aromatic rings. The number of hydrogen-bond acceptors (Lipinski definition) is 2. The van der Waals surface area contributed by atoms with E-state index in [2.05, 4.69) is 4.90 Å². The lowest BCUT2D eigenvalue weighted by molar-refractivity contribution is -0.128. The van der Waals surface area contributed by atoms with E-state index >= 15 is 0 Å². The Balaban J connectivity index is 2.63. The molecule has 0 N–H and O–H groups in total. The number of amides is 1. The van der Waals surface area contributed by atoms with E-state index in [-0.39, 0.29) is 5.91 Å². The van der Waals surface area contributed by atoms with E-state index in [1.165, 1.54) is 12.8 Å². The standard InChI is InChI=1S/C15H24N2O/c1-4-6-10-14(9-5-2)16(3)15(18)13-17-11-7-8-12-17/h4-6,9-10H,7-8,11-13H2,1-3H3/b6-4+,9-5-,14-10+. The van der Waals surface area contributed by atoms with Crippen molar-refractivity contribution in [1.29, 1.82) is 0 Å². The lowest BCUT2D eigenvalue weighted by atomic mass is 10.3. The summed E-state index contributed by atoms with van der Waals surface area (Å²) >= 11 is 0. The van der Waals surface area contributed by atoms with Crippen molar-refractivity contribution in [3.05, 3.63) is 36.1 Å². The van der Waals surface area contributed by atoms with Gasteiger partial charge in [0.25, 0.3) is 0 Å². The normalized spacial score (nSPS) is 18.1. The van der Waals surface area contributed by atoms with Gasteiger partial charge in [0, 0.05) is 12.7 Å². The molecule has 3 heteroatoms. The fourth-order valence-corrected chi connectivity index (χ4v) is 2.03. The minimum Gasteiger partial charge on any atom is -0.314 e. The molecule has 0 unspecified atom stereocenters. The van der Waals surface area contributed by atoms with Crippen LogP contribution in [0.25, 0.3) is 0 Å². The number of rotatable bonds is 5. The molecule has 0 aliphatic carbocycles. The van der Waals surface area contributed by atoms with Gasteiger partial charge in [-0.05, 0) is 51.9 Å². The van der Waals surface area contributed by atoms with Gasteiger partial charge in [-0.15, -0.1) is 0 Å². The van der Waals surface area contributed by atoms with E-state index in [1.807, 2.05) is 51.3 Å². The zero-order valence-electron chi connectivity index (χ0n) is 11.7. The molecule has 3 nitrogen and oxygen atoms in total. The van der Waals surface area contributed by atoms with Gasteiger partial charge < -0.3 is 4.90 Å². The van der Waals surface area contributed by atoms with Crippen LogP contribution in [0.3, 0.4) is 0 Å². The maximum atomic E-state index is 12.2. The van der Waals surface area contributed by atoms with Gasteiger partial charge in [-0.2, -0.15) is 0 Å². The Morgan fingerprint density at radius 2 is 1.89 bits per heavy atom. The Hall–Kier alpha value is -1.35. The van der Waals surface area contributed by atoms with E-state index < -0.39 is 0 Å². The second-order valence-corrected chi connectivity index (χ2v) is 4.55. The van der Waals surface area contributed by atoms with Crippen molar-refractivity contribution in [3.8, 4) is 0 Å². The molecule has 1 aliphatic heterocycles. The summed E-state index contributed by atoms with van der Waals surface area (Å²) < 4.78 is 0. The van der Waals surface area contributed by atoms with Crippen LogP contribution in [0.1, 0.15) is 26.7 Å². The van der Waals surface area contributed by atoms with Crippen molar-refractivity contribution >= 4 is 5.91 Å². The van der Waals surface area contributed by atoms with Crippen LogP contribution in [-0.4, -0.2) is 42.4 Å². The average Bonchev–Trinajstić information content (AvgIpc) is 2.86. The predicted molar refractivity (Wildman–Crippen MR) is 76.2 cm³/mol. The summed E-state index contributed by atoms with van der Waals surface area (Å²) in [6.07, 6.45) is 12.2. The number of carbonyl (C=O) groups is 1. The fourth-order valence-electron chi connectivity index (χ4n) is 2.03. The number of nitrogens with zero attached hydrogens (tertiary/aromatic N) is 2. The third kappa shape index (κ3) is 4.49. The first-order valence-corrected chi connectivity index (χ1v) is 6.63. The molecule has 0 bridgehead atoms. The first kappa shape index (κ1) is 14.7. The predicted octanol–water partition coefficient (Wildman–Crippen LogP) is 2.58. The Morgan fingerprint density at radius 1 is 1.22 bits per heavy atom. The van der Waals surface area contributed by atoms with Crippen LogP contribution in [0.15, 0.2) is 36.1 Å². The molecule has 1 aliphatic rings. The van der Waals surface area contributed by atoms with Crippen LogP contribution in [-0.2, 0) is 4.79 Å². The monoisotopic (exact) mass is 248 g/mol. The lowest BCUT2D eigenvalue weighted by Crippen LogP contribution is -2.36. The van der Waals surface area contributed by atoms with Crippen LogP contribution >= 0.6 is 0 Å². The summed E-state index contributed by atoms with van der Waals surface area (Å²) in [5.74, 6) is 0.158. The summed E-state index contributed by atoms with van der Waals surface area (Å²) in [5.41, 5.74) is 0.930. The lowest BCUT2D eigenvalue weighted by Gasteiger charge is -2.22. The summed E-state index contributed by atoms with van der Waals surface area (Å²) in [4.78, 5) is 16.1. The molecule has 1 amide bonds. The molecule has 1 heterocycles. The van der Waals surface area contributed by atoms with Crippen molar-refractivity contribution in [2.75, 3.05) is 26.7 Å². The van der Waals surface area contributed by atoms with Gasteiger partial charge in [-0.3, -0.25) is 9.69 Å². The first-order chi connectivity index (χ1) is 8.69. The number of likely N-dealkylation sites (N-methyl/N-ethyl adjacent to an activating group) is 1. The third-order valence-corrected chi connectivity index (χ3v) is 3.12. The van der Waals surface area contributed by atoms with Crippen LogP contribution in [0.5, 0.6) is 0 Å². The number of hydrogen-bond donors (Lipinski definition) is 0. The summed E-state index contributed by atoms with van der Waals surface area (Å²) in [5, 5.41) is 0. The first-order valence-electron chi connectivity index (χ1n) is 6.63. The molecule has 0 saturated carbocycles. The number of likely N-dealkylation sites (tertiary alicyclic amines) is 1. The SMILES string of the molecule is C\C=C/C(=C\C=C\C)N(C)C(=O)CN1CCCC1. The smallest absolute Gasteiger partial charge is 0.240 e. The molecule has 1 fully saturated rings. The zero-order chi connectivity index (χ0) is 13.4. The second kappa shape index (κ2) is 7.88. The van der Waals surface area contributed by atoms with Crippen molar-refractivity contribution in [2.45, 2.75) is 26.7 Å². The average molecular weight is 248 g/mol. The summed E-state index contributed by atoms with van der Waals surface area (Å²) in [6, 6.07) is 0. The maximum Gasteiger partial charge on any atom is 0.240 e. The Labute approximate surface area is 110 Å². The molecule has 18 heavy (non-hydrogen) atoms. The highest BCUT2D eigenvalue weighted by Gasteiger charge is 2.18.